The van der Waals surface area contributed by atoms with Crippen LogP contribution < -0.4 is 9.47 Å². The molecule has 0 saturated heterocycles. The first kappa shape index (κ1) is 40.8. The van der Waals surface area contributed by atoms with E-state index in [4.69, 9.17) is 39.4 Å². The van der Waals surface area contributed by atoms with Crippen LogP contribution in [-0.2, 0) is 30.4 Å². The topological polar surface area (TPSA) is 290 Å². The molecular weight excluding hydrogens is 913 g/mol. The number of rotatable bonds is 7. The lowest BCUT2D eigenvalue weighted by molar-refractivity contribution is 0.447. The van der Waals surface area contributed by atoms with Gasteiger partial charge in [-0.2, -0.15) is 25.3 Å². The standard InChI is InChI=1S/C44H26N8O11S3/c53-64(54,55)24-15-18-34(36(21-24)66(59,60)61)63-23-14-17-30-32(20-23)44-50-40-28-10-4-2-8-26(28)37(46-40)47-41-29-16-13-22(62-33-11-5-6-12-35(33)65(56,57)58)19-31(29)43(51-41)49-39-27-9-3-1-7-25(27)38(45-39)48-42(30)52-44/h1-21H,(H,53,54,55)(H,56,57,58)(H,59,60,61)(H2,45,46,47,48,49,50,51,52). The predicted octanol–water partition coefficient (Wildman–Crippen LogP) is 8.19. The van der Waals surface area contributed by atoms with Crippen molar-refractivity contribution in [1.29, 1.82) is 0 Å². The largest absolute Gasteiger partial charge is 0.456 e. The predicted molar refractivity (Wildman–Crippen MR) is 239 cm³/mol. The van der Waals surface area contributed by atoms with Gasteiger partial charge < -0.3 is 19.4 Å². The van der Waals surface area contributed by atoms with Gasteiger partial charge in [0.05, 0.1) is 4.90 Å². The van der Waals surface area contributed by atoms with E-state index in [-0.39, 0.29) is 40.5 Å². The van der Waals surface area contributed by atoms with E-state index in [2.05, 4.69) is 9.97 Å². The number of nitrogens with zero attached hydrogens (tertiary/aromatic N) is 6. The number of ether oxygens (including phenoxy) is 2. The molecular formula is C44H26N8O11S3. The Morgan fingerprint density at radius 3 is 1.20 bits per heavy atom. The van der Waals surface area contributed by atoms with Gasteiger partial charge in [0.15, 0.2) is 23.3 Å². The van der Waals surface area contributed by atoms with Crippen molar-refractivity contribution in [3.05, 3.63) is 127 Å². The van der Waals surface area contributed by atoms with Gasteiger partial charge in [0.25, 0.3) is 30.4 Å². The molecule has 0 atom stereocenters. The second-order valence-electron chi connectivity index (χ2n) is 14.8. The van der Waals surface area contributed by atoms with E-state index in [1.54, 1.807) is 30.3 Å². The van der Waals surface area contributed by atoms with Gasteiger partial charge in [-0.1, -0.05) is 60.7 Å². The van der Waals surface area contributed by atoms with Crippen molar-refractivity contribution < 1.29 is 48.4 Å². The van der Waals surface area contributed by atoms with Crippen LogP contribution in [0.5, 0.6) is 23.0 Å². The monoisotopic (exact) mass is 938 g/mol. The molecule has 0 amide bonds. The number of hydrogen-bond acceptors (Lipinski definition) is 14. The highest BCUT2D eigenvalue weighted by atomic mass is 32.2. The first-order valence-electron chi connectivity index (χ1n) is 19.4. The molecule has 5 heterocycles. The van der Waals surface area contributed by atoms with Crippen molar-refractivity contribution in [1.82, 2.24) is 39.9 Å². The molecule has 6 aromatic carbocycles. The number of benzene rings is 6. The Bertz CT molecular complexity index is 4120. The van der Waals surface area contributed by atoms with Gasteiger partial charge in [-0.3, -0.25) is 13.7 Å². The zero-order chi connectivity index (χ0) is 45.7. The SMILES string of the molecule is O=S(=O)(O)c1ccc(Oc2ccc3c(c2)-c2nc-3nc3[nH]c(nc4nc(nc5[nH]c(n2)c2ccccc52)-c2ccc(Oc5ccccc5S(=O)(=O)O)cc2-4)c2ccccc32)c(S(=O)(=O)O)c1. The van der Waals surface area contributed by atoms with Gasteiger partial charge in [0.2, 0.25) is 0 Å². The molecule has 22 heteroatoms. The maximum atomic E-state index is 12.4. The van der Waals surface area contributed by atoms with E-state index >= 15 is 0 Å². The molecule has 2 aliphatic heterocycles. The van der Waals surface area contributed by atoms with Crippen LogP contribution in [0.2, 0.25) is 0 Å². The van der Waals surface area contributed by atoms with Crippen molar-refractivity contribution >= 4 is 74.5 Å². The molecule has 0 unspecified atom stereocenters. The fraction of sp³-hybridized carbons (Fsp3) is 0. The number of H-pyrrole nitrogens is 2. The third-order valence-electron chi connectivity index (χ3n) is 10.7. The van der Waals surface area contributed by atoms with Gasteiger partial charge >= 0.3 is 0 Å². The second-order valence-corrected chi connectivity index (χ2v) is 19.0. The molecule has 326 valence electrons. The molecule has 0 radical (unpaired) electrons. The second kappa shape index (κ2) is 14.8. The van der Waals surface area contributed by atoms with E-state index in [0.717, 1.165) is 12.1 Å². The summed E-state index contributed by atoms with van der Waals surface area (Å²) in [7, 11) is -14.5. The molecule has 5 N–H and O–H groups in total. The lowest BCUT2D eigenvalue weighted by Gasteiger charge is -2.11. The van der Waals surface area contributed by atoms with Crippen LogP contribution in [0.15, 0.2) is 142 Å². The van der Waals surface area contributed by atoms with Crippen molar-refractivity contribution in [2.24, 2.45) is 0 Å². The van der Waals surface area contributed by atoms with Crippen LogP contribution in [0.1, 0.15) is 0 Å². The number of para-hydroxylation sites is 1. The van der Waals surface area contributed by atoms with Gasteiger partial charge in [0, 0.05) is 43.8 Å². The molecule has 19 nitrogen and oxygen atoms in total. The van der Waals surface area contributed by atoms with Crippen molar-refractivity contribution in [3.63, 3.8) is 0 Å². The van der Waals surface area contributed by atoms with E-state index in [0.29, 0.717) is 72.5 Å². The normalized spacial score (nSPS) is 12.5. The van der Waals surface area contributed by atoms with E-state index in [1.165, 1.54) is 30.3 Å². The zero-order valence-electron chi connectivity index (χ0n) is 33.1. The highest BCUT2D eigenvalue weighted by Gasteiger charge is 2.26. The smallest absolute Gasteiger partial charge is 0.298 e. The Hall–Kier alpha value is -7.99. The average molecular weight is 939 g/mol. The lowest BCUT2D eigenvalue weighted by Crippen LogP contribution is -2.05. The number of aromatic amines is 2. The minimum Gasteiger partial charge on any atom is -0.456 e. The Morgan fingerprint density at radius 2 is 0.773 bits per heavy atom. The van der Waals surface area contributed by atoms with Gasteiger partial charge in [-0.25, -0.2) is 29.9 Å². The first-order chi connectivity index (χ1) is 31.5. The third-order valence-corrected chi connectivity index (χ3v) is 13.3. The Balaban J connectivity index is 1.13. The van der Waals surface area contributed by atoms with Crippen LogP contribution in [0.4, 0.5) is 0 Å². The number of nitrogens with one attached hydrogen (secondary N) is 2. The molecule has 11 rings (SSSR count). The quantitative estimate of drug-likeness (QED) is 0.0941. The van der Waals surface area contributed by atoms with Crippen LogP contribution in [0, 0.1) is 0 Å². The average Bonchev–Trinajstić information content (AvgIpc) is 4.01. The van der Waals surface area contributed by atoms with Gasteiger partial charge in [-0.05, 0) is 66.7 Å². The summed E-state index contributed by atoms with van der Waals surface area (Å²) in [4.78, 5) is 34.2. The molecule has 9 aromatic rings. The number of hydrogen-bond donors (Lipinski definition) is 5. The molecule has 2 aliphatic rings. The summed E-state index contributed by atoms with van der Waals surface area (Å²) >= 11 is 0. The Kier molecular flexibility index (Phi) is 9.13. The summed E-state index contributed by atoms with van der Waals surface area (Å²) in [6.07, 6.45) is 0. The molecule has 0 fully saturated rings. The lowest BCUT2D eigenvalue weighted by atomic mass is 10.1. The van der Waals surface area contributed by atoms with Crippen LogP contribution >= 0.6 is 0 Å². The summed E-state index contributed by atoms with van der Waals surface area (Å²) in [5, 5.41) is 2.68. The molecule has 8 bridgehead atoms. The fourth-order valence-corrected chi connectivity index (χ4v) is 9.55. The van der Waals surface area contributed by atoms with Crippen molar-refractivity contribution in [2.75, 3.05) is 0 Å². The number of aromatic nitrogens is 8. The highest BCUT2D eigenvalue weighted by molar-refractivity contribution is 7.86. The third kappa shape index (κ3) is 7.15. The summed E-state index contributed by atoms with van der Waals surface area (Å²) in [6.45, 7) is 0. The fourth-order valence-electron chi connectivity index (χ4n) is 7.71. The first-order valence-corrected chi connectivity index (χ1v) is 23.7. The molecule has 0 aliphatic carbocycles. The van der Waals surface area contributed by atoms with Crippen LogP contribution in [0.25, 0.3) is 89.7 Å². The maximum absolute atomic E-state index is 12.4. The summed E-state index contributed by atoms with van der Waals surface area (Å²) in [5.41, 5.74) is 3.46. The van der Waals surface area contributed by atoms with Gasteiger partial charge in [0.1, 0.15) is 55.4 Å². The minimum absolute atomic E-state index is 0.0488. The van der Waals surface area contributed by atoms with E-state index in [1.807, 2.05) is 48.5 Å². The maximum Gasteiger partial charge on any atom is 0.298 e. The molecule has 0 saturated carbocycles. The zero-order valence-corrected chi connectivity index (χ0v) is 35.6. The summed E-state index contributed by atoms with van der Waals surface area (Å²) in [5.74, 6) is 0.650. The summed E-state index contributed by atoms with van der Waals surface area (Å²) in [6, 6.07) is 32.5. The van der Waals surface area contributed by atoms with Crippen LogP contribution in [0.3, 0.4) is 0 Å². The van der Waals surface area contributed by atoms with Crippen molar-refractivity contribution in [3.8, 4) is 68.5 Å². The Labute approximate surface area is 371 Å². The van der Waals surface area contributed by atoms with E-state index < -0.39 is 50.8 Å². The highest BCUT2D eigenvalue weighted by Crippen LogP contribution is 2.41. The van der Waals surface area contributed by atoms with Gasteiger partial charge in [-0.15, -0.1) is 0 Å². The van der Waals surface area contributed by atoms with Crippen LogP contribution in [-0.4, -0.2) is 78.8 Å². The minimum atomic E-state index is -5.05. The van der Waals surface area contributed by atoms with E-state index in [9.17, 15) is 38.9 Å². The van der Waals surface area contributed by atoms with Crippen molar-refractivity contribution in [2.45, 2.75) is 14.7 Å². The molecule has 0 spiro atoms. The molecule has 3 aromatic heterocycles. The Morgan fingerprint density at radius 1 is 0.379 bits per heavy atom. The summed E-state index contributed by atoms with van der Waals surface area (Å²) < 4.78 is 114. The number of fused-ring (bicyclic) bond motifs is 20. The molecule has 66 heavy (non-hydrogen) atoms.